The Balaban J connectivity index is 2.15. The zero-order valence-corrected chi connectivity index (χ0v) is 18.7. The van der Waals surface area contributed by atoms with Crippen LogP contribution in [0.4, 0.5) is 0 Å². The molecule has 20 heteroatoms. The number of aromatic nitrogens is 2. The van der Waals surface area contributed by atoms with E-state index in [0.717, 1.165) is 4.57 Å². The molecule has 2 rings (SSSR count). The predicted molar refractivity (Wildman–Crippen MR) is 99.5 cm³/mol. The van der Waals surface area contributed by atoms with Crippen LogP contribution in [-0.2, 0) is 31.6 Å². The molecule has 0 amide bonds. The first-order valence-electron chi connectivity index (χ1n) is 7.89. The van der Waals surface area contributed by atoms with E-state index in [2.05, 4.69) is 18.1 Å². The van der Waals surface area contributed by atoms with Gasteiger partial charge in [-0.1, -0.05) is 12.2 Å². The summed E-state index contributed by atoms with van der Waals surface area (Å²) >= 11 is 4.92. The van der Waals surface area contributed by atoms with E-state index in [1.54, 1.807) is 13.0 Å². The second-order valence-electron chi connectivity index (χ2n) is 6.08. The molecular weight excluding hydrogens is 507 g/mol. The maximum Gasteiger partial charge on any atom is 0.490 e. The number of aromatic amines is 1. The van der Waals surface area contributed by atoms with Crippen molar-refractivity contribution in [1.82, 2.24) is 9.55 Å². The summed E-state index contributed by atoms with van der Waals surface area (Å²) in [6.45, 7) is 0.574. The van der Waals surface area contributed by atoms with E-state index < -0.39 is 60.1 Å². The van der Waals surface area contributed by atoms with Crippen LogP contribution in [0.5, 0.6) is 0 Å². The van der Waals surface area contributed by atoms with Crippen molar-refractivity contribution in [3.05, 3.63) is 26.9 Å². The minimum Gasteiger partial charge on any atom is -0.389 e. The van der Waals surface area contributed by atoms with Crippen LogP contribution in [0, 0.1) is 28.8 Å². The Bertz CT molecular complexity index is 1140. The van der Waals surface area contributed by atoms with Gasteiger partial charge in [0, 0.05) is 11.8 Å². The molecular formula is C11H16N3O13P3S. The summed E-state index contributed by atoms with van der Waals surface area (Å²) in [7, 11) is -16.7. The Morgan fingerprint density at radius 1 is 1.26 bits per heavy atom. The number of nitrogens with one attached hydrogen (secondary N) is 1. The molecule has 1 fully saturated rings. The summed E-state index contributed by atoms with van der Waals surface area (Å²) in [6.07, 6.45) is -3.21. The van der Waals surface area contributed by atoms with Crippen LogP contribution < -0.4 is 5.69 Å². The Labute approximate surface area is 178 Å². The van der Waals surface area contributed by atoms with Gasteiger partial charge in [0.2, 0.25) is 0 Å². The summed E-state index contributed by atoms with van der Waals surface area (Å²) in [5, 5.41) is 19.6. The highest BCUT2D eigenvalue weighted by atomic mass is 32.1. The van der Waals surface area contributed by atoms with Gasteiger partial charge in [0.1, 0.15) is 22.8 Å². The van der Waals surface area contributed by atoms with E-state index in [1.165, 1.54) is 6.20 Å². The molecule has 1 saturated heterocycles. The Morgan fingerprint density at radius 3 is 2.42 bits per heavy atom. The van der Waals surface area contributed by atoms with Crippen molar-refractivity contribution in [3.63, 3.8) is 0 Å². The fraction of sp³-hybridized carbons (Fsp3) is 0.545. The lowest BCUT2D eigenvalue weighted by molar-refractivity contribution is -0.0461. The number of aryl methyl sites for hydroxylation is 1. The van der Waals surface area contributed by atoms with Crippen molar-refractivity contribution in [1.29, 1.82) is 5.26 Å². The minimum absolute atomic E-state index is 0.137. The SMILES string of the molecule is Cc1cn([C@H]2O[C@@H](COP(=O)(O)OP(=O)(O)OP(=O)(O)O)C(O)[C@H]2C#N)c(=O)[nH]c1=S. The summed E-state index contributed by atoms with van der Waals surface area (Å²) in [4.78, 5) is 50.0. The van der Waals surface area contributed by atoms with Crippen LogP contribution in [0.2, 0.25) is 0 Å². The molecule has 0 bridgehead atoms. The molecule has 6 N–H and O–H groups in total. The number of H-pyrrole nitrogens is 1. The summed E-state index contributed by atoms with van der Waals surface area (Å²) in [6, 6.07) is 1.73. The fourth-order valence-corrected chi connectivity index (χ4v) is 5.68. The molecule has 0 radical (unpaired) electrons. The molecule has 2 heterocycles. The number of hydrogen-bond acceptors (Lipinski definition) is 11. The average Bonchev–Trinajstić information content (AvgIpc) is 2.88. The molecule has 1 aliphatic rings. The van der Waals surface area contributed by atoms with Crippen LogP contribution in [0.25, 0.3) is 0 Å². The molecule has 16 nitrogen and oxygen atoms in total. The number of nitrogens with zero attached hydrogens (tertiary/aromatic N) is 2. The number of ether oxygens (including phenoxy) is 1. The number of aliphatic hydroxyl groups is 1. The number of rotatable bonds is 8. The molecule has 1 aromatic heterocycles. The highest BCUT2D eigenvalue weighted by Gasteiger charge is 2.47. The lowest BCUT2D eigenvalue weighted by atomic mass is 10.0. The van der Waals surface area contributed by atoms with E-state index in [9.17, 15) is 33.8 Å². The largest absolute Gasteiger partial charge is 0.490 e. The zero-order chi connectivity index (χ0) is 23.8. The topological polar surface area (TPSA) is 251 Å². The second kappa shape index (κ2) is 9.42. The van der Waals surface area contributed by atoms with Crippen LogP contribution in [0.3, 0.4) is 0 Å². The average molecular weight is 523 g/mol. The summed E-state index contributed by atoms with van der Waals surface area (Å²) in [5.41, 5.74) is -0.317. The van der Waals surface area contributed by atoms with Crippen molar-refractivity contribution < 1.29 is 56.3 Å². The number of aliphatic hydroxyl groups excluding tert-OH is 1. The van der Waals surface area contributed by atoms with E-state index in [1.807, 2.05) is 0 Å². The van der Waals surface area contributed by atoms with Crippen molar-refractivity contribution in [3.8, 4) is 6.07 Å². The lowest BCUT2D eigenvalue weighted by Crippen LogP contribution is -2.32. The molecule has 31 heavy (non-hydrogen) atoms. The third kappa shape index (κ3) is 6.95. The molecule has 1 aromatic rings. The number of phosphoric ester groups is 1. The highest BCUT2D eigenvalue weighted by molar-refractivity contribution is 7.71. The Morgan fingerprint density at radius 2 is 1.87 bits per heavy atom. The van der Waals surface area contributed by atoms with E-state index in [0.29, 0.717) is 5.56 Å². The lowest BCUT2D eigenvalue weighted by Gasteiger charge is -2.19. The Kier molecular flexibility index (Phi) is 7.95. The smallest absolute Gasteiger partial charge is 0.389 e. The molecule has 0 aromatic carbocycles. The van der Waals surface area contributed by atoms with Crippen LogP contribution in [0.15, 0.2) is 11.0 Å². The van der Waals surface area contributed by atoms with Crippen molar-refractivity contribution in [2.75, 3.05) is 6.61 Å². The molecule has 0 saturated carbocycles. The van der Waals surface area contributed by atoms with E-state index in [4.69, 9.17) is 31.6 Å². The molecule has 1 aliphatic heterocycles. The third-order valence-corrected chi connectivity index (χ3v) is 7.98. The fourth-order valence-electron chi connectivity index (χ4n) is 2.51. The monoisotopic (exact) mass is 523 g/mol. The zero-order valence-electron chi connectivity index (χ0n) is 15.2. The third-order valence-electron chi connectivity index (χ3n) is 3.76. The van der Waals surface area contributed by atoms with Crippen LogP contribution in [0.1, 0.15) is 11.8 Å². The van der Waals surface area contributed by atoms with Crippen molar-refractivity contribution >= 4 is 35.7 Å². The number of nitriles is 1. The van der Waals surface area contributed by atoms with E-state index >= 15 is 0 Å². The molecule has 174 valence electrons. The highest BCUT2D eigenvalue weighted by Crippen LogP contribution is 2.66. The normalized spacial score (nSPS) is 27.9. The number of hydrogen-bond donors (Lipinski definition) is 6. The van der Waals surface area contributed by atoms with Gasteiger partial charge < -0.3 is 29.4 Å². The van der Waals surface area contributed by atoms with Crippen molar-refractivity contribution in [2.45, 2.75) is 25.4 Å². The number of phosphoric acid groups is 3. The standard InChI is InChI=1S/C11H16N3O13P3S/c1-5-3-14(11(16)13-9(5)31)10-6(2-12)8(15)7(25-10)4-24-29(20,21)27-30(22,23)26-28(17,18)19/h3,6-8,10,15H,4H2,1H3,(H,20,21)(H,22,23)(H,13,16,31)(H2,17,18,19)/t6-,7+,8?,10+/m1/s1. The van der Waals surface area contributed by atoms with Gasteiger partial charge in [-0.15, -0.1) is 0 Å². The minimum atomic E-state index is -5.72. The maximum absolute atomic E-state index is 12.1. The van der Waals surface area contributed by atoms with Gasteiger partial charge in [-0.3, -0.25) is 14.1 Å². The van der Waals surface area contributed by atoms with Gasteiger partial charge in [-0.2, -0.15) is 13.9 Å². The molecule has 6 atom stereocenters. The van der Waals surface area contributed by atoms with Gasteiger partial charge in [-0.05, 0) is 6.92 Å². The van der Waals surface area contributed by atoms with Gasteiger partial charge in [0.05, 0.1) is 12.7 Å². The van der Waals surface area contributed by atoms with Crippen LogP contribution in [-0.4, -0.2) is 53.0 Å². The van der Waals surface area contributed by atoms with E-state index in [-0.39, 0.29) is 4.64 Å². The van der Waals surface area contributed by atoms with Gasteiger partial charge in [-0.25, -0.2) is 18.5 Å². The molecule has 0 aliphatic carbocycles. The second-order valence-corrected chi connectivity index (χ2v) is 10.9. The first kappa shape index (κ1) is 26.2. The first-order chi connectivity index (χ1) is 14.1. The Hall–Kier alpha value is -1.08. The first-order valence-corrected chi connectivity index (χ1v) is 12.8. The van der Waals surface area contributed by atoms with Gasteiger partial charge >= 0.3 is 29.2 Å². The quantitative estimate of drug-likeness (QED) is 0.193. The van der Waals surface area contributed by atoms with Crippen LogP contribution >= 0.6 is 35.7 Å². The van der Waals surface area contributed by atoms with Gasteiger partial charge in [0.15, 0.2) is 6.23 Å². The molecule has 0 spiro atoms. The predicted octanol–water partition coefficient (Wildman–Crippen LogP) is -0.0443. The summed E-state index contributed by atoms with van der Waals surface area (Å²) in [5.74, 6) is -1.34. The maximum atomic E-state index is 12.1. The van der Waals surface area contributed by atoms with Crippen molar-refractivity contribution in [2.24, 2.45) is 5.92 Å². The molecule has 3 unspecified atom stereocenters. The van der Waals surface area contributed by atoms with Gasteiger partial charge in [0.25, 0.3) is 0 Å². The summed E-state index contributed by atoms with van der Waals surface area (Å²) < 4.78 is 51.7.